The maximum Gasteiger partial charge on any atom is 0.305 e. The van der Waals surface area contributed by atoms with Crippen LogP contribution in [0.3, 0.4) is 0 Å². The number of esters is 1. The molecule has 0 saturated heterocycles. The first-order valence-electron chi connectivity index (χ1n) is 5.11. The Morgan fingerprint density at radius 3 is 2.31 bits per heavy atom. The van der Waals surface area contributed by atoms with E-state index in [1.165, 1.54) is 6.42 Å². The Balaban J connectivity index is 3.31. The van der Waals surface area contributed by atoms with Crippen LogP contribution in [0.25, 0.3) is 0 Å². The Hall–Kier alpha value is -0.530. The van der Waals surface area contributed by atoms with Crippen molar-refractivity contribution in [3.8, 4) is 0 Å². The fourth-order valence-electron chi connectivity index (χ4n) is 1.16. The van der Waals surface area contributed by atoms with E-state index in [1.54, 1.807) is 0 Å². The second-order valence-electron chi connectivity index (χ2n) is 4.57. The van der Waals surface area contributed by atoms with Crippen LogP contribution in [0.5, 0.6) is 0 Å². The Kier molecular flexibility index (Phi) is 5.76. The predicted octanol–water partition coefficient (Wildman–Crippen LogP) is 3.16. The molecule has 0 aromatic heterocycles. The molecule has 0 radical (unpaired) electrons. The third-order valence-corrected chi connectivity index (χ3v) is 1.86. The van der Waals surface area contributed by atoms with Crippen molar-refractivity contribution in [2.75, 3.05) is 6.61 Å². The van der Waals surface area contributed by atoms with Gasteiger partial charge in [0.1, 0.15) is 0 Å². The van der Waals surface area contributed by atoms with Gasteiger partial charge in [-0.3, -0.25) is 4.79 Å². The maximum atomic E-state index is 10.9. The van der Waals surface area contributed by atoms with Crippen molar-refractivity contribution < 1.29 is 9.53 Å². The molecule has 78 valence electrons. The molecule has 0 unspecified atom stereocenters. The third kappa shape index (κ3) is 9.38. The van der Waals surface area contributed by atoms with Gasteiger partial charge in [0.25, 0.3) is 0 Å². The standard InChI is InChI=1S/C11H22O2/c1-5-13-10(12)8-6-7-9-11(2,3)4/h5-9H2,1-4H3. The molecule has 0 aromatic carbocycles. The van der Waals surface area contributed by atoms with Gasteiger partial charge in [0.2, 0.25) is 0 Å². The molecule has 0 N–H and O–H groups in total. The number of unbranched alkanes of at least 4 members (excludes halogenated alkanes) is 1. The summed E-state index contributed by atoms with van der Waals surface area (Å²) in [7, 11) is 0. The summed E-state index contributed by atoms with van der Waals surface area (Å²) in [4.78, 5) is 10.9. The van der Waals surface area contributed by atoms with Gasteiger partial charge in [0.15, 0.2) is 0 Å². The van der Waals surface area contributed by atoms with Crippen LogP contribution in [0.2, 0.25) is 0 Å². The van der Waals surface area contributed by atoms with Crippen molar-refractivity contribution in [2.24, 2.45) is 5.41 Å². The van der Waals surface area contributed by atoms with E-state index in [-0.39, 0.29) is 5.97 Å². The minimum atomic E-state index is -0.0589. The molecule has 0 amide bonds. The van der Waals surface area contributed by atoms with E-state index in [0.29, 0.717) is 18.4 Å². The van der Waals surface area contributed by atoms with Crippen molar-refractivity contribution in [1.29, 1.82) is 0 Å². The molecule has 0 aliphatic rings. The molecule has 0 heterocycles. The molecule has 0 aliphatic carbocycles. The van der Waals surface area contributed by atoms with Crippen molar-refractivity contribution in [1.82, 2.24) is 0 Å². The number of hydrogen-bond donors (Lipinski definition) is 0. The molecule has 0 saturated carbocycles. The molecule has 0 aliphatic heterocycles. The van der Waals surface area contributed by atoms with Crippen LogP contribution in [-0.2, 0) is 9.53 Å². The minimum Gasteiger partial charge on any atom is -0.466 e. The maximum absolute atomic E-state index is 10.9. The molecule has 0 aromatic rings. The van der Waals surface area contributed by atoms with Crippen LogP contribution in [0, 0.1) is 5.41 Å². The topological polar surface area (TPSA) is 26.3 Å². The highest BCUT2D eigenvalue weighted by Crippen LogP contribution is 2.21. The fourth-order valence-corrected chi connectivity index (χ4v) is 1.16. The number of carbonyl (C=O) groups excluding carboxylic acids is 1. The van der Waals surface area contributed by atoms with Gasteiger partial charge >= 0.3 is 5.97 Å². The molecule has 0 atom stereocenters. The summed E-state index contributed by atoms with van der Waals surface area (Å²) in [5.74, 6) is -0.0589. The summed E-state index contributed by atoms with van der Waals surface area (Å²) < 4.78 is 4.84. The highest BCUT2D eigenvalue weighted by Gasteiger charge is 2.09. The number of rotatable bonds is 5. The van der Waals surface area contributed by atoms with Crippen LogP contribution in [0.15, 0.2) is 0 Å². The highest BCUT2D eigenvalue weighted by molar-refractivity contribution is 5.69. The first kappa shape index (κ1) is 12.5. The number of ether oxygens (including phenoxy) is 1. The van der Waals surface area contributed by atoms with E-state index >= 15 is 0 Å². The van der Waals surface area contributed by atoms with E-state index in [0.717, 1.165) is 12.8 Å². The lowest BCUT2D eigenvalue weighted by molar-refractivity contribution is -0.143. The van der Waals surface area contributed by atoms with Crippen LogP contribution in [0.4, 0.5) is 0 Å². The summed E-state index contributed by atoms with van der Waals surface area (Å²) in [6, 6.07) is 0. The molecule has 0 rings (SSSR count). The zero-order chi connectivity index (χ0) is 10.3. The largest absolute Gasteiger partial charge is 0.466 e. The minimum absolute atomic E-state index is 0.0589. The molecule has 0 spiro atoms. The SMILES string of the molecule is CCOC(=O)CCCCC(C)(C)C. The van der Waals surface area contributed by atoms with Crippen LogP contribution in [-0.4, -0.2) is 12.6 Å². The molecule has 0 bridgehead atoms. The van der Waals surface area contributed by atoms with Gasteiger partial charge in [-0.15, -0.1) is 0 Å². The van der Waals surface area contributed by atoms with Crippen molar-refractivity contribution in [3.05, 3.63) is 0 Å². The van der Waals surface area contributed by atoms with Crippen LogP contribution in [0.1, 0.15) is 53.4 Å². The van der Waals surface area contributed by atoms with Gasteiger partial charge in [-0.1, -0.05) is 27.2 Å². The molecule has 2 nitrogen and oxygen atoms in total. The quantitative estimate of drug-likeness (QED) is 0.487. The summed E-state index contributed by atoms with van der Waals surface area (Å²) in [5.41, 5.74) is 0.384. The molecule has 2 heteroatoms. The summed E-state index contributed by atoms with van der Waals surface area (Å²) in [6.45, 7) is 9.00. The van der Waals surface area contributed by atoms with Gasteiger partial charge < -0.3 is 4.74 Å². The average molecular weight is 186 g/mol. The van der Waals surface area contributed by atoms with Gasteiger partial charge in [0, 0.05) is 6.42 Å². The number of hydrogen-bond acceptors (Lipinski definition) is 2. The smallest absolute Gasteiger partial charge is 0.305 e. The monoisotopic (exact) mass is 186 g/mol. The van der Waals surface area contributed by atoms with E-state index in [2.05, 4.69) is 20.8 Å². The first-order valence-corrected chi connectivity index (χ1v) is 5.11. The second-order valence-corrected chi connectivity index (χ2v) is 4.57. The average Bonchev–Trinajstić information content (AvgIpc) is 1.97. The van der Waals surface area contributed by atoms with Crippen molar-refractivity contribution in [2.45, 2.75) is 53.4 Å². The molecule has 0 fully saturated rings. The van der Waals surface area contributed by atoms with Crippen molar-refractivity contribution >= 4 is 5.97 Å². The molecular formula is C11H22O2. The lowest BCUT2D eigenvalue weighted by Crippen LogP contribution is -2.06. The van der Waals surface area contributed by atoms with Crippen LogP contribution < -0.4 is 0 Å². The third-order valence-electron chi connectivity index (χ3n) is 1.86. The molecule has 13 heavy (non-hydrogen) atoms. The van der Waals surface area contributed by atoms with E-state index < -0.39 is 0 Å². The Labute approximate surface area is 81.7 Å². The predicted molar refractivity (Wildman–Crippen MR) is 54.6 cm³/mol. The van der Waals surface area contributed by atoms with Gasteiger partial charge in [-0.2, -0.15) is 0 Å². The van der Waals surface area contributed by atoms with Crippen molar-refractivity contribution in [3.63, 3.8) is 0 Å². The van der Waals surface area contributed by atoms with E-state index in [1.807, 2.05) is 6.92 Å². The zero-order valence-electron chi connectivity index (χ0n) is 9.35. The summed E-state index contributed by atoms with van der Waals surface area (Å²) >= 11 is 0. The summed E-state index contributed by atoms with van der Waals surface area (Å²) in [5, 5.41) is 0. The zero-order valence-corrected chi connectivity index (χ0v) is 9.35. The van der Waals surface area contributed by atoms with Gasteiger partial charge in [0.05, 0.1) is 6.61 Å². The Bertz CT molecular complexity index is 145. The fraction of sp³-hybridized carbons (Fsp3) is 0.909. The Morgan fingerprint density at radius 2 is 1.85 bits per heavy atom. The van der Waals surface area contributed by atoms with E-state index in [4.69, 9.17) is 4.74 Å². The Morgan fingerprint density at radius 1 is 1.23 bits per heavy atom. The van der Waals surface area contributed by atoms with Gasteiger partial charge in [-0.05, 0) is 25.2 Å². The normalized spacial score (nSPS) is 11.4. The lowest BCUT2D eigenvalue weighted by atomic mass is 9.89. The second kappa shape index (κ2) is 6.01. The number of carbonyl (C=O) groups is 1. The summed E-state index contributed by atoms with van der Waals surface area (Å²) in [6.07, 6.45) is 3.81. The van der Waals surface area contributed by atoms with Crippen LogP contribution >= 0.6 is 0 Å². The highest BCUT2D eigenvalue weighted by atomic mass is 16.5. The van der Waals surface area contributed by atoms with E-state index in [9.17, 15) is 4.79 Å². The molecular weight excluding hydrogens is 164 g/mol. The first-order chi connectivity index (χ1) is 5.95. The van der Waals surface area contributed by atoms with Gasteiger partial charge in [-0.25, -0.2) is 0 Å². The lowest BCUT2D eigenvalue weighted by Gasteiger charge is -2.17.